The van der Waals surface area contributed by atoms with Gasteiger partial charge in [0.2, 0.25) is 0 Å². The summed E-state index contributed by atoms with van der Waals surface area (Å²) < 4.78 is 44.6. The molecule has 27 heavy (non-hydrogen) atoms. The van der Waals surface area contributed by atoms with Gasteiger partial charge in [0.05, 0.1) is 16.1 Å². The molecular weight excluding hydrogens is 379 g/mol. The molecule has 0 aliphatic rings. The Hall–Kier alpha value is -2.99. The summed E-state index contributed by atoms with van der Waals surface area (Å²) in [5.74, 6) is 0.215. The summed E-state index contributed by atoms with van der Waals surface area (Å²) in [5, 5.41) is 2.01. The van der Waals surface area contributed by atoms with E-state index in [4.69, 9.17) is 16.3 Å². The highest BCUT2D eigenvalue weighted by molar-refractivity contribution is 6.31. The Kier molecular flexibility index (Phi) is 5.37. The number of carbonyl (C=O) groups is 1. The number of ether oxygens (including phenoxy) is 1. The van der Waals surface area contributed by atoms with Gasteiger partial charge in [0.15, 0.2) is 0 Å². The predicted octanol–water partition coefficient (Wildman–Crippen LogP) is 6.40. The zero-order chi connectivity index (χ0) is 19.4. The van der Waals surface area contributed by atoms with Crippen molar-refractivity contribution in [3.05, 3.63) is 88.9 Å². The van der Waals surface area contributed by atoms with Gasteiger partial charge in [0.1, 0.15) is 11.5 Å². The number of rotatable bonds is 4. The highest BCUT2D eigenvalue weighted by Gasteiger charge is 2.33. The van der Waals surface area contributed by atoms with Crippen molar-refractivity contribution in [1.29, 1.82) is 0 Å². The molecule has 0 aliphatic heterocycles. The van der Waals surface area contributed by atoms with Gasteiger partial charge in [-0.2, -0.15) is 13.2 Å². The summed E-state index contributed by atoms with van der Waals surface area (Å²) in [5.41, 5.74) is -0.855. The van der Waals surface area contributed by atoms with E-state index in [2.05, 4.69) is 5.32 Å². The van der Waals surface area contributed by atoms with E-state index in [-0.39, 0.29) is 17.0 Å². The molecule has 0 bridgehead atoms. The monoisotopic (exact) mass is 391 g/mol. The maximum absolute atomic E-state index is 13.0. The van der Waals surface area contributed by atoms with Crippen LogP contribution < -0.4 is 10.1 Å². The molecule has 3 rings (SSSR count). The van der Waals surface area contributed by atoms with Gasteiger partial charge in [-0.25, -0.2) is 0 Å². The predicted molar refractivity (Wildman–Crippen MR) is 97.4 cm³/mol. The fraction of sp³-hybridized carbons (Fsp3) is 0.0500. The SMILES string of the molecule is O=C(Nc1ccc(Cl)c(C(F)(F)F)c1)c1ccccc1Oc1ccccc1. The number of anilines is 1. The minimum absolute atomic E-state index is 0.0220. The highest BCUT2D eigenvalue weighted by Crippen LogP contribution is 2.36. The van der Waals surface area contributed by atoms with Crippen LogP contribution in [0.15, 0.2) is 72.8 Å². The highest BCUT2D eigenvalue weighted by atomic mass is 35.5. The number of amides is 1. The Morgan fingerprint density at radius 1 is 0.926 bits per heavy atom. The van der Waals surface area contributed by atoms with Crippen LogP contribution in [0.4, 0.5) is 18.9 Å². The van der Waals surface area contributed by atoms with Gasteiger partial charge in [-0.05, 0) is 42.5 Å². The molecule has 1 N–H and O–H groups in total. The second-order valence-corrected chi connectivity index (χ2v) is 5.96. The van der Waals surface area contributed by atoms with Gasteiger partial charge in [-0.3, -0.25) is 4.79 Å². The molecule has 1 amide bonds. The number of alkyl halides is 3. The van der Waals surface area contributed by atoms with Crippen molar-refractivity contribution in [3.8, 4) is 11.5 Å². The van der Waals surface area contributed by atoms with E-state index in [1.54, 1.807) is 42.5 Å². The number of carbonyl (C=O) groups excluding carboxylic acids is 1. The first-order chi connectivity index (χ1) is 12.8. The topological polar surface area (TPSA) is 38.3 Å². The molecule has 0 saturated heterocycles. The van der Waals surface area contributed by atoms with E-state index >= 15 is 0 Å². The van der Waals surface area contributed by atoms with Crippen molar-refractivity contribution < 1.29 is 22.7 Å². The van der Waals surface area contributed by atoms with Crippen LogP contribution in [0.25, 0.3) is 0 Å². The zero-order valence-corrected chi connectivity index (χ0v) is 14.5. The van der Waals surface area contributed by atoms with Gasteiger partial charge in [-0.15, -0.1) is 0 Å². The van der Waals surface area contributed by atoms with Crippen LogP contribution in [-0.2, 0) is 6.18 Å². The third-order valence-electron chi connectivity index (χ3n) is 3.63. The summed E-state index contributed by atoms with van der Waals surface area (Å²) in [6.07, 6.45) is -4.62. The first-order valence-corrected chi connectivity index (χ1v) is 8.22. The van der Waals surface area contributed by atoms with E-state index < -0.39 is 22.7 Å². The van der Waals surface area contributed by atoms with Crippen molar-refractivity contribution in [1.82, 2.24) is 0 Å². The molecule has 0 saturated carbocycles. The van der Waals surface area contributed by atoms with Gasteiger partial charge in [0.25, 0.3) is 5.91 Å². The van der Waals surface area contributed by atoms with Crippen molar-refractivity contribution in [2.75, 3.05) is 5.32 Å². The second-order valence-electron chi connectivity index (χ2n) is 5.56. The summed E-state index contributed by atoms with van der Waals surface area (Å²) in [4.78, 5) is 12.6. The Morgan fingerprint density at radius 3 is 2.30 bits per heavy atom. The average Bonchev–Trinajstić information content (AvgIpc) is 2.63. The van der Waals surface area contributed by atoms with Crippen LogP contribution in [0.5, 0.6) is 11.5 Å². The number of halogens is 4. The Balaban J connectivity index is 1.85. The fourth-order valence-corrected chi connectivity index (χ4v) is 2.60. The third-order valence-corrected chi connectivity index (χ3v) is 3.96. The smallest absolute Gasteiger partial charge is 0.417 e. The Bertz CT molecular complexity index is 959. The molecule has 0 spiro atoms. The maximum Gasteiger partial charge on any atom is 0.417 e. The van der Waals surface area contributed by atoms with Crippen LogP contribution >= 0.6 is 11.6 Å². The van der Waals surface area contributed by atoms with Crippen LogP contribution in [-0.4, -0.2) is 5.91 Å². The lowest BCUT2D eigenvalue weighted by Gasteiger charge is -2.13. The van der Waals surface area contributed by atoms with Gasteiger partial charge >= 0.3 is 6.18 Å². The summed E-state index contributed by atoms with van der Waals surface area (Å²) in [6.45, 7) is 0. The summed E-state index contributed by atoms with van der Waals surface area (Å²) in [7, 11) is 0. The zero-order valence-electron chi connectivity index (χ0n) is 13.8. The van der Waals surface area contributed by atoms with E-state index in [0.717, 1.165) is 12.1 Å². The molecule has 0 heterocycles. The lowest BCUT2D eigenvalue weighted by Crippen LogP contribution is -2.14. The molecule has 3 aromatic carbocycles. The van der Waals surface area contributed by atoms with Crippen molar-refractivity contribution in [3.63, 3.8) is 0 Å². The minimum atomic E-state index is -4.62. The number of hydrogen-bond acceptors (Lipinski definition) is 2. The number of hydrogen-bond donors (Lipinski definition) is 1. The Morgan fingerprint density at radius 2 is 1.59 bits per heavy atom. The molecule has 0 radical (unpaired) electrons. The quantitative estimate of drug-likeness (QED) is 0.558. The van der Waals surface area contributed by atoms with Gasteiger partial charge < -0.3 is 10.1 Å². The maximum atomic E-state index is 13.0. The van der Waals surface area contributed by atoms with Crippen LogP contribution in [0.1, 0.15) is 15.9 Å². The van der Waals surface area contributed by atoms with Crippen molar-refractivity contribution in [2.24, 2.45) is 0 Å². The third kappa shape index (κ3) is 4.60. The number of para-hydroxylation sites is 2. The molecule has 3 aromatic rings. The lowest BCUT2D eigenvalue weighted by molar-refractivity contribution is -0.137. The largest absolute Gasteiger partial charge is 0.457 e. The molecule has 0 aromatic heterocycles. The Labute approximate surface area is 158 Å². The fourth-order valence-electron chi connectivity index (χ4n) is 2.38. The summed E-state index contributed by atoms with van der Waals surface area (Å²) in [6, 6.07) is 18.5. The second kappa shape index (κ2) is 7.72. The molecule has 7 heteroatoms. The van der Waals surface area contributed by atoms with Crippen molar-refractivity contribution >= 4 is 23.2 Å². The lowest BCUT2D eigenvalue weighted by atomic mass is 10.1. The van der Waals surface area contributed by atoms with E-state index in [1.807, 2.05) is 6.07 Å². The number of nitrogens with one attached hydrogen (secondary N) is 1. The summed E-state index contributed by atoms with van der Waals surface area (Å²) >= 11 is 5.60. The first kappa shape index (κ1) is 18.8. The molecule has 3 nitrogen and oxygen atoms in total. The molecule has 0 unspecified atom stereocenters. The van der Waals surface area contributed by atoms with E-state index in [9.17, 15) is 18.0 Å². The van der Waals surface area contributed by atoms with Gasteiger partial charge in [-0.1, -0.05) is 41.9 Å². The first-order valence-electron chi connectivity index (χ1n) is 7.84. The van der Waals surface area contributed by atoms with Gasteiger partial charge in [0, 0.05) is 5.69 Å². The average molecular weight is 392 g/mol. The van der Waals surface area contributed by atoms with E-state index in [1.165, 1.54) is 12.1 Å². The standard InChI is InChI=1S/C20H13ClF3NO2/c21-17-11-10-13(12-16(17)20(22,23)24)25-19(26)15-8-4-5-9-18(15)27-14-6-2-1-3-7-14/h1-12H,(H,25,26). The molecule has 138 valence electrons. The molecule has 0 fully saturated rings. The van der Waals surface area contributed by atoms with Crippen LogP contribution in [0.3, 0.4) is 0 Å². The molecule has 0 aliphatic carbocycles. The van der Waals surface area contributed by atoms with Crippen LogP contribution in [0.2, 0.25) is 5.02 Å². The van der Waals surface area contributed by atoms with E-state index in [0.29, 0.717) is 5.75 Å². The molecule has 0 atom stereocenters. The van der Waals surface area contributed by atoms with Crippen molar-refractivity contribution in [2.45, 2.75) is 6.18 Å². The normalized spacial score (nSPS) is 11.1. The minimum Gasteiger partial charge on any atom is -0.457 e. The number of benzene rings is 3. The van der Waals surface area contributed by atoms with Crippen LogP contribution in [0, 0.1) is 0 Å². The molecular formula is C20H13ClF3NO2.